The fourth-order valence-corrected chi connectivity index (χ4v) is 17.0. The Bertz CT molecular complexity index is 4660. The van der Waals surface area contributed by atoms with Gasteiger partial charge < -0.3 is 42.0 Å². The molecule has 540 valence electrons. The van der Waals surface area contributed by atoms with Gasteiger partial charge in [-0.1, -0.05) is 102 Å². The van der Waals surface area contributed by atoms with E-state index in [0.717, 1.165) is 0 Å². The van der Waals surface area contributed by atoms with Crippen molar-refractivity contribution in [2.75, 3.05) is 34.0 Å². The van der Waals surface area contributed by atoms with E-state index in [4.69, 9.17) is 74.2 Å². The monoisotopic (exact) mass is 1480 g/mol. The quantitative estimate of drug-likeness (QED) is 0.0223. The Hall–Kier alpha value is -8.09. The molecule has 3 aliphatic rings. The number of aryl methyl sites for hydroxylation is 3. The molecule has 0 radical (unpaired) electrons. The Kier molecular flexibility index (Phi) is 24.1. The van der Waals surface area contributed by atoms with Gasteiger partial charge in [-0.05, 0) is 126 Å². The van der Waals surface area contributed by atoms with E-state index in [-0.39, 0.29) is 78.4 Å². The van der Waals surface area contributed by atoms with E-state index >= 15 is 4.57 Å². The molecular weight excluding hydrogens is 1400 g/mol. The summed E-state index contributed by atoms with van der Waals surface area (Å²) in [5.74, 6) is -0.856. The van der Waals surface area contributed by atoms with Crippen molar-refractivity contribution in [3.05, 3.63) is 257 Å². The SMILES string of the molecule is COc1ccc(C(OC[C@@H]2O[C@@H](n3cc(C)c(=O)[nH]c3=O)C[C@H]2C(c2cccc(Cl)c2)[C@H]2O[C@@H](n3cc(C)c(=O)[nH]c3=O)C[C@@H]2OP(=O)(OC[C@H]2O[C@@H](n3cc(C)c(=O)[nH]c3=O)C[C@@H]2OP(OCCC#N)N(C(C)C)C(C)C)Oc2ccccc2Cl)(c2ccccc2)c2ccc(OC)cc2)cc1. The average Bonchev–Trinajstić information content (AvgIpc) is 1.33. The molecular formula is C72H80Cl2N8O18P2. The molecule has 8 aromatic rings. The summed E-state index contributed by atoms with van der Waals surface area (Å²) in [6, 6.07) is 39.4. The minimum atomic E-state index is -5.23. The van der Waals surface area contributed by atoms with Crippen molar-refractivity contribution in [1.82, 2.24) is 33.3 Å². The predicted molar refractivity (Wildman–Crippen MR) is 380 cm³/mol. The molecule has 30 heteroatoms. The third kappa shape index (κ3) is 16.6. The number of nitrogens with zero attached hydrogens (tertiary/aromatic N) is 5. The topological polar surface area (TPSA) is 310 Å². The second-order valence-electron chi connectivity index (χ2n) is 25.6. The van der Waals surface area contributed by atoms with E-state index < -0.39 is 123 Å². The van der Waals surface area contributed by atoms with Crippen molar-refractivity contribution >= 4 is 39.6 Å². The first-order valence-corrected chi connectivity index (χ1v) is 36.5. The molecule has 6 heterocycles. The zero-order valence-electron chi connectivity index (χ0n) is 57.5. The van der Waals surface area contributed by atoms with Crippen molar-refractivity contribution in [3.63, 3.8) is 0 Å². The van der Waals surface area contributed by atoms with Crippen molar-refractivity contribution in [1.29, 1.82) is 5.26 Å². The summed E-state index contributed by atoms with van der Waals surface area (Å²) in [5, 5.41) is 9.90. The smallest absolute Gasteiger partial charge is 0.497 e. The largest absolute Gasteiger partial charge is 0.530 e. The summed E-state index contributed by atoms with van der Waals surface area (Å²) < 4.78 is 95.7. The van der Waals surface area contributed by atoms with Crippen LogP contribution in [0.25, 0.3) is 0 Å². The summed E-state index contributed by atoms with van der Waals surface area (Å²) in [7, 11) is -4.08. The van der Waals surface area contributed by atoms with Crippen LogP contribution in [0.4, 0.5) is 0 Å². The lowest BCUT2D eigenvalue weighted by Gasteiger charge is -2.39. The number of benzene rings is 5. The normalized spacial score (nSPS) is 21.8. The Morgan fingerprint density at radius 3 is 1.68 bits per heavy atom. The number of nitriles is 1. The van der Waals surface area contributed by atoms with Crippen LogP contribution in [0.3, 0.4) is 0 Å². The number of hydrogen-bond donors (Lipinski definition) is 3. The zero-order valence-corrected chi connectivity index (χ0v) is 60.8. The second-order valence-corrected chi connectivity index (χ2v) is 29.4. The summed E-state index contributed by atoms with van der Waals surface area (Å²) >= 11 is 13.9. The van der Waals surface area contributed by atoms with Gasteiger partial charge in [0.05, 0.1) is 69.9 Å². The van der Waals surface area contributed by atoms with Crippen LogP contribution in [0.15, 0.2) is 175 Å². The molecule has 3 fully saturated rings. The number of H-pyrrole nitrogens is 3. The van der Waals surface area contributed by atoms with E-state index in [1.165, 1.54) is 58.3 Å². The summed E-state index contributed by atoms with van der Waals surface area (Å²) in [6.45, 7) is 11.6. The third-order valence-electron chi connectivity index (χ3n) is 18.2. The maximum Gasteiger partial charge on any atom is 0.530 e. The van der Waals surface area contributed by atoms with Gasteiger partial charge in [0.1, 0.15) is 53.7 Å². The van der Waals surface area contributed by atoms with Gasteiger partial charge in [0, 0.05) is 77.1 Å². The van der Waals surface area contributed by atoms with Crippen LogP contribution in [0.5, 0.6) is 17.2 Å². The van der Waals surface area contributed by atoms with Gasteiger partial charge in [-0.15, -0.1) is 0 Å². The Labute approximate surface area is 598 Å². The van der Waals surface area contributed by atoms with Gasteiger partial charge in [0.25, 0.3) is 25.2 Å². The molecule has 0 amide bonds. The van der Waals surface area contributed by atoms with Crippen LogP contribution in [-0.2, 0) is 47.2 Å². The Balaban J connectivity index is 1.06. The standard InChI is InChI=1S/C72H80Cl2N8O18P2/c1-42(2)82(43(3)4)101(93-32-16-31-75)98-57-35-62(80-38-45(6)67(84)77-70(80)87)96-60(57)41-94-102(89,99-56-22-14-13-21-55(56)74)100-58-36-63(81-39-46(7)68(85)78-71(81)88)97-65(58)64(47-17-15-20-51(73)33-47)54-34-61(79-37-44(5)66(83)76-69(79)86)95-59(54)40-92-72(48-18-11-10-12-19-48,49-23-27-52(90-8)28-24-49)50-25-29-53(91-9)30-26-50/h10-15,17-30,33,37-39,42-43,54,57-65H,16,32,34-36,40-41H2,1-9H3,(H,76,83,86)(H,77,84,87)(H,78,85,88)/t54-,57+,58+,59+,60-,61-,62-,63-,64?,65+,101?,102?/m1/s1. The molecule has 0 saturated carbocycles. The number of aromatic nitrogens is 6. The molecule has 3 unspecified atom stereocenters. The molecule has 5 aromatic carbocycles. The maximum atomic E-state index is 16.6. The van der Waals surface area contributed by atoms with Crippen molar-refractivity contribution in [3.8, 4) is 23.3 Å². The average molecular weight is 1480 g/mol. The molecule has 3 saturated heterocycles. The Morgan fingerprint density at radius 2 is 1.15 bits per heavy atom. The van der Waals surface area contributed by atoms with E-state index in [0.29, 0.717) is 38.8 Å². The number of phosphoric ester groups is 1. The lowest BCUT2D eigenvalue weighted by atomic mass is 9.76. The van der Waals surface area contributed by atoms with Gasteiger partial charge in [-0.25, -0.2) is 23.6 Å². The molecule has 26 nitrogen and oxygen atoms in total. The van der Waals surface area contributed by atoms with Crippen LogP contribution >= 0.6 is 39.6 Å². The lowest BCUT2D eigenvalue weighted by Crippen LogP contribution is -2.41. The molecule has 0 bridgehead atoms. The van der Waals surface area contributed by atoms with Crippen LogP contribution in [0.1, 0.15) is 117 Å². The van der Waals surface area contributed by atoms with Crippen molar-refractivity contribution in [2.24, 2.45) is 5.92 Å². The number of nitrogens with one attached hydrogen (secondary N) is 3. The second kappa shape index (κ2) is 32.7. The highest BCUT2D eigenvalue weighted by Crippen LogP contribution is 2.58. The highest BCUT2D eigenvalue weighted by molar-refractivity contribution is 7.49. The first-order valence-electron chi connectivity index (χ1n) is 33.2. The minimum Gasteiger partial charge on any atom is -0.497 e. The molecule has 3 N–H and O–H groups in total. The van der Waals surface area contributed by atoms with Crippen molar-refractivity contribution in [2.45, 2.75) is 147 Å². The van der Waals surface area contributed by atoms with Gasteiger partial charge in [0.2, 0.25) is 0 Å². The summed E-state index contributed by atoms with van der Waals surface area (Å²) in [5.41, 5.74) is -2.51. The highest BCUT2D eigenvalue weighted by atomic mass is 35.5. The molecule has 11 rings (SSSR count). The highest BCUT2D eigenvalue weighted by Gasteiger charge is 2.55. The lowest BCUT2D eigenvalue weighted by molar-refractivity contribution is -0.0965. The number of ether oxygens (including phenoxy) is 6. The van der Waals surface area contributed by atoms with Crippen molar-refractivity contribution < 1.29 is 55.6 Å². The van der Waals surface area contributed by atoms with Gasteiger partial charge >= 0.3 is 24.9 Å². The van der Waals surface area contributed by atoms with Crippen LogP contribution < -0.4 is 47.7 Å². The third-order valence-corrected chi connectivity index (χ3v) is 22.3. The molecule has 0 aliphatic carbocycles. The number of halogens is 2. The fourth-order valence-electron chi connectivity index (χ4n) is 13.4. The number of phosphoric acid groups is 1. The van der Waals surface area contributed by atoms with Gasteiger partial charge in [-0.2, -0.15) is 5.26 Å². The fraction of sp³-hybridized carbons (Fsp3) is 0.403. The van der Waals surface area contributed by atoms with Crippen LogP contribution in [-0.4, -0.2) is 110 Å². The predicted octanol–water partition coefficient (Wildman–Crippen LogP) is 11.4. The first kappa shape index (κ1) is 75.1. The van der Waals surface area contributed by atoms with Gasteiger partial charge in [-0.3, -0.25) is 52.1 Å². The van der Waals surface area contributed by atoms with E-state index in [9.17, 15) is 34.0 Å². The number of aromatic amines is 3. The van der Waals surface area contributed by atoms with E-state index in [2.05, 4.69) is 21.0 Å². The molecule has 102 heavy (non-hydrogen) atoms. The summed E-state index contributed by atoms with van der Waals surface area (Å²) in [4.78, 5) is 88.1. The van der Waals surface area contributed by atoms with E-state index in [1.54, 1.807) is 51.5 Å². The van der Waals surface area contributed by atoms with Crippen LogP contribution in [0.2, 0.25) is 10.0 Å². The van der Waals surface area contributed by atoms with Gasteiger partial charge in [0.15, 0.2) is 0 Å². The number of para-hydroxylation sites is 1. The Morgan fingerprint density at radius 1 is 0.637 bits per heavy atom. The molecule has 3 aliphatic heterocycles. The van der Waals surface area contributed by atoms with Crippen LogP contribution in [0, 0.1) is 38.0 Å². The minimum absolute atomic E-state index is 0.00325. The molecule has 12 atom stereocenters. The first-order chi connectivity index (χ1) is 48.9. The number of rotatable bonds is 29. The number of methoxy groups -OCH3 is 2. The summed E-state index contributed by atoms with van der Waals surface area (Å²) in [6.07, 6.45) is -5.80. The molecule has 0 spiro atoms. The molecule has 3 aromatic heterocycles. The number of hydrogen-bond acceptors (Lipinski definition) is 20. The zero-order chi connectivity index (χ0) is 72.7. The maximum absolute atomic E-state index is 16.6. The van der Waals surface area contributed by atoms with E-state index in [1.807, 2.05) is 117 Å².